The Hall–Kier alpha value is -3.16. The Balaban J connectivity index is 1.38. The minimum absolute atomic E-state index is 0.0293. The van der Waals surface area contributed by atoms with Gasteiger partial charge < -0.3 is 14.6 Å². The van der Waals surface area contributed by atoms with Gasteiger partial charge in [0, 0.05) is 25.0 Å². The Kier molecular flexibility index (Phi) is 5.36. The third-order valence-corrected chi connectivity index (χ3v) is 4.94. The molecule has 7 nitrogen and oxygen atoms in total. The first-order valence-corrected chi connectivity index (χ1v) is 9.23. The van der Waals surface area contributed by atoms with Crippen molar-refractivity contribution in [3.63, 3.8) is 0 Å². The number of carbonyl (C=O) groups is 1. The Bertz CT molecular complexity index is 941. The number of nitrogens with one attached hydrogen (secondary N) is 3. The van der Waals surface area contributed by atoms with Gasteiger partial charge >= 0.3 is 0 Å². The van der Waals surface area contributed by atoms with Crippen molar-refractivity contribution in [2.75, 3.05) is 7.11 Å². The summed E-state index contributed by atoms with van der Waals surface area (Å²) in [7, 11) is 1.65. The summed E-state index contributed by atoms with van der Waals surface area (Å²) >= 11 is 0. The molecular formula is C21H23N5O2. The fraction of sp³-hybridized carbons (Fsp3) is 0.238. The van der Waals surface area contributed by atoms with Crippen LogP contribution < -0.4 is 20.9 Å². The minimum atomic E-state index is -0.295. The topological polar surface area (TPSA) is 80.2 Å². The maximum Gasteiger partial charge on any atom is 0.238 e. The molecule has 28 heavy (non-hydrogen) atoms. The van der Waals surface area contributed by atoms with Gasteiger partial charge in [-0.2, -0.15) is 0 Å². The SMILES string of the molecule is COc1cccc(C2CC(C(=O)NCc3ccccc3-n3ccnc3)NN2)c1. The van der Waals surface area contributed by atoms with Crippen LogP contribution in [0.4, 0.5) is 0 Å². The zero-order valence-corrected chi connectivity index (χ0v) is 15.6. The second kappa shape index (κ2) is 8.24. The summed E-state index contributed by atoms with van der Waals surface area (Å²) in [6, 6.07) is 15.6. The number of amides is 1. The van der Waals surface area contributed by atoms with Crippen molar-refractivity contribution in [3.05, 3.63) is 78.4 Å². The van der Waals surface area contributed by atoms with Crippen molar-refractivity contribution in [2.45, 2.75) is 25.0 Å². The third-order valence-electron chi connectivity index (χ3n) is 4.94. The van der Waals surface area contributed by atoms with Crippen molar-refractivity contribution in [2.24, 2.45) is 0 Å². The lowest BCUT2D eigenvalue weighted by Gasteiger charge is -2.14. The number of hydrogen-bond donors (Lipinski definition) is 3. The number of aromatic nitrogens is 2. The highest BCUT2D eigenvalue weighted by molar-refractivity contribution is 5.82. The van der Waals surface area contributed by atoms with Crippen LogP contribution in [-0.4, -0.2) is 28.6 Å². The molecule has 1 aliphatic heterocycles. The van der Waals surface area contributed by atoms with E-state index in [9.17, 15) is 4.79 Å². The molecule has 0 aliphatic carbocycles. The van der Waals surface area contributed by atoms with E-state index in [1.54, 1.807) is 19.6 Å². The molecule has 1 fully saturated rings. The molecule has 144 valence electrons. The third kappa shape index (κ3) is 3.90. The minimum Gasteiger partial charge on any atom is -0.497 e. The van der Waals surface area contributed by atoms with Crippen molar-refractivity contribution in [1.82, 2.24) is 25.7 Å². The largest absolute Gasteiger partial charge is 0.497 e. The maximum atomic E-state index is 12.7. The molecule has 2 atom stereocenters. The molecule has 0 bridgehead atoms. The molecule has 7 heteroatoms. The Morgan fingerprint density at radius 3 is 2.96 bits per heavy atom. The van der Waals surface area contributed by atoms with E-state index in [1.165, 1.54) is 0 Å². The van der Waals surface area contributed by atoms with E-state index in [0.717, 1.165) is 22.6 Å². The average Bonchev–Trinajstić information content (AvgIpc) is 3.44. The van der Waals surface area contributed by atoms with E-state index in [-0.39, 0.29) is 18.0 Å². The number of benzene rings is 2. The van der Waals surface area contributed by atoms with Crippen molar-refractivity contribution in [1.29, 1.82) is 0 Å². The van der Waals surface area contributed by atoms with Gasteiger partial charge in [0.2, 0.25) is 5.91 Å². The van der Waals surface area contributed by atoms with E-state index in [2.05, 4.69) is 21.2 Å². The number of hydrogen-bond acceptors (Lipinski definition) is 5. The van der Waals surface area contributed by atoms with Gasteiger partial charge in [-0.3, -0.25) is 4.79 Å². The lowest BCUT2D eigenvalue weighted by molar-refractivity contribution is -0.123. The highest BCUT2D eigenvalue weighted by Crippen LogP contribution is 2.25. The zero-order chi connectivity index (χ0) is 19.3. The van der Waals surface area contributed by atoms with Crippen LogP contribution in [0.1, 0.15) is 23.6 Å². The Labute approximate surface area is 163 Å². The van der Waals surface area contributed by atoms with Gasteiger partial charge in [0.15, 0.2) is 0 Å². The summed E-state index contributed by atoms with van der Waals surface area (Å²) in [5.41, 5.74) is 9.44. The lowest BCUT2D eigenvalue weighted by atomic mass is 10.0. The first-order chi connectivity index (χ1) is 13.7. The molecule has 4 rings (SSSR count). The van der Waals surface area contributed by atoms with Crippen LogP contribution in [0.2, 0.25) is 0 Å². The van der Waals surface area contributed by atoms with Gasteiger partial charge in [-0.15, -0.1) is 0 Å². The highest BCUT2D eigenvalue weighted by Gasteiger charge is 2.30. The number of carbonyl (C=O) groups excluding carboxylic acids is 1. The monoisotopic (exact) mass is 377 g/mol. The normalized spacial score (nSPS) is 18.8. The zero-order valence-electron chi connectivity index (χ0n) is 15.6. The Morgan fingerprint density at radius 1 is 1.25 bits per heavy atom. The van der Waals surface area contributed by atoms with Crippen LogP contribution in [0.15, 0.2) is 67.3 Å². The number of nitrogens with zero attached hydrogens (tertiary/aromatic N) is 2. The van der Waals surface area contributed by atoms with Crippen LogP contribution >= 0.6 is 0 Å². The van der Waals surface area contributed by atoms with Crippen LogP contribution in [0, 0.1) is 0 Å². The van der Waals surface area contributed by atoms with Crippen molar-refractivity contribution < 1.29 is 9.53 Å². The van der Waals surface area contributed by atoms with Gasteiger partial charge in [0.25, 0.3) is 0 Å². The fourth-order valence-electron chi connectivity index (χ4n) is 3.42. The van der Waals surface area contributed by atoms with Crippen LogP contribution in [0.5, 0.6) is 5.75 Å². The molecule has 3 aromatic rings. The van der Waals surface area contributed by atoms with Gasteiger partial charge in [-0.25, -0.2) is 15.8 Å². The molecule has 0 saturated carbocycles. The predicted molar refractivity (Wildman–Crippen MR) is 106 cm³/mol. The van der Waals surface area contributed by atoms with E-state index in [0.29, 0.717) is 13.0 Å². The number of para-hydroxylation sites is 1. The standard InChI is InChI=1S/C21H23N5O2/c1-28-17-7-4-6-15(11-17)18-12-19(25-24-18)21(27)23-13-16-5-2-3-8-20(16)26-10-9-22-14-26/h2-11,14,18-19,24-25H,12-13H2,1H3,(H,23,27). The molecule has 0 radical (unpaired) electrons. The Morgan fingerprint density at radius 2 is 2.14 bits per heavy atom. The number of ether oxygens (including phenoxy) is 1. The molecule has 2 unspecified atom stereocenters. The van der Waals surface area contributed by atoms with E-state index in [4.69, 9.17) is 4.74 Å². The summed E-state index contributed by atoms with van der Waals surface area (Å²) < 4.78 is 7.22. The second-order valence-corrected chi connectivity index (χ2v) is 6.72. The van der Waals surface area contributed by atoms with E-state index in [1.807, 2.05) is 59.3 Å². The molecule has 1 aliphatic rings. The number of rotatable bonds is 6. The second-order valence-electron chi connectivity index (χ2n) is 6.72. The summed E-state index contributed by atoms with van der Waals surface area (Å²) in [5.74, 6) is 0.779. The molecule has 0 spiro atoms. The van der Waals surface area contributed by atoms with Crippen molar-refractivity contribution in [3.8, 4) is 11.4 Å². The lowest BCUT2D eigenvalue weighted by Crippen LogP contribution is -2.42. The number of imidazole rings is 1. The smallest absolute Gasteiger partial charge is 0.238 e. The molecule has 1 aromatic heterocycles. The van der Waals surface area contributed by atoms with Crippen LogP contribution in [0.25, 0.3) is 5.69 Å². The first kappa shape index (κ1) is 18.2. The molecule has 3 N–H and O–H groups in total. The number of methoxy groups -OCH3 is 1. The molecule has 2 heterocycles. The number of hydrazine groups is 1. The maximum absolute atomic E-state index is 12.7. The summed E-state index contributed by atoms with van der Waals surface area (Å²) in [4.78, 5) is 16.8. The van der Waals surface area contributed by atoms with E-state index < -0.39 is 0 Å². The van der Waals surface area contributed by atoms with E-state index >= 15 is 0 Å². The van der Waals surface area contributed by atoms with Crippen LogP contribution in [-0.2, 0) is 11.3 Å². The molecule has 2 aromatic carbocycles. The quantitative estimate of drug-likeness (QED) is 0.613. The van der Waals surface area contributed by atoms with Crippen LogP contribution in [0.3, 0.4) is 0 Å². The van der Waals surface area contributed by atoms with Crippen molar-refractivity contribution >= 4 is 5.91 Å². The highest BCUT2D eigenvalue weighted by atomic mass is 16.5. The molecule has 1 saturated heterocycles. The van der Waals surface area contributed by atoms with Gasteiger partial charge in [-0.05, 0) is 35.7 Å². The fourth-order valence-corrected chi connectivity index (χ4v) is 3.42. The predicted octanol–water partition coefficient (Wildman–Crippen LogP) is 2.10. The molecule has 1 amide bonds. The van der Waals surface area contributed by atoms with Gasteiger partial charge in [0.1, 0.15) is 11.8 Å². The summed E-state index contributed by atoms with van der Waals surface area (Å²) in [5, 5.41) is 3.04. The molecular weight excluding hydrogens is 354 g/mol. The van der Waals surface area contributed by atoms with Gasteiger partial charge in [0.05, 0.1) is 19.1 Å². The summed E-state index contributed by atoms with van der Waals surface area (Å²) in [6.07, 6.45) is 6.05. The first-order valence-electron chi connectivity index (χ1n) is 9.23. The average molecular weight is 377 g/mol. The summed E-state index contributed by atoms with van der Waals surface area (Å²) in [6.45, 7) is 0.454. The van der Waals surface area contributed by atoms with Gasteiger partial charge in [-0.1, -0.05) is 30.3 Å².